The summed E-state index contributed by atoms with van der Waals surface area (Å²) in [6, 6.07) is 15.7. The lowest BCUT2D eigenvalue weighted by atomic mass is 9.74. The van der Waals surface area contributed by atoms with Crippen LogP contribution in [0.2, 0.25) is 5.02 Å². The van der Waals surface area contributed by atoms with Crippen molar-refractivity contribution in [3.63, 3.8) is 0 Å². The second kappa shape index (κ2) is 9.96. The van der Waals surface area contributed by atoms with Crippen molar-refractivity contribution in [2.45, 2.75) is 43.8 Å². The van der Waals surface area contributed by atoms with Gasteiger partial charge in [0.15, 0.2) is 0 Å². The van der Waals surface area contributed by atoms with E-state index in [-0.39, 0.29) is 30.4 Å². The highest BCUT2D eigenvalue weighted by Crippen LogP contribution is 2.38. The number of halogens is 3. The zero-order valence-corrected chi connectivity index (χ0v) is 18.4. The zero-order valence-electron chi connectivity index (χ0n) is 16.0. The van der Waals surface area contributed by atoms with Crippen LogP contribution >= 0.6 is 36.4 Å². The summed E-state index contributed by atoms with van der Waals surface area (Å²) in [4.78, 5) is 4.44. The van der Waals surface area contributed by atoms with E-state index >= 15 is 0 Å². The van der Waals surface area contributed by atoms with E-state index in [1.807, 2.05) is 48.7 Å². The van der Waals surface area contributed by atoms with Gasteiger partial charge in [-0.2, -0.15) is 0 Å². The third kappa shape index (κ3) is 5.14. The van der Waals surface area contributed by atoms with Gasteiger partial charge in [0.2, 0.25) is 0 Å². The molecule has 0 atom stereocenters. The SMILES string of the molecule is Cl.Cl.NC1(c2ccnc3cc(Cl)ccc23)CCC(NCc2ccccc2O)CC1. The number of hydrogen-bond acceptors (Lipinski definition) is 4. The fourth-order valence-electron chi connectivity index (χ4n) is 4.08. The molecule has 0 unspecified atom stereocenters. The fraction of sp³-hybridized carbons (Fsp3) is 0.318. The number of nitrogens with one attached hydrogen (secondary N) is 1. The van der Waals surface area contributed by atoms with Gasteiger partial charge in [0.1, 0.15) is 5.75 Å². The summed E-state index contributed by atoms with van der Waals surface area (Å²) in [6.07, 6.45) is 5.65. The van der Waals surface area contributed by atoms with Gasteiger partial charge in [0.25, 0.3) is 0 Å². The Kier molecular flexibility index (Phi) is 8.15. The molecule has 1 saturated carbocycles. The molecule has 1 aromatic heterocycles. The highest BCUT2D eigenvalue weighted by molar-refractivity contribution is 6.31. The van der Waals surface area contributed by atoms with Crippen molar-refractivity contribution < 1.29 is 5.11 Å². The average molecular weight is 455 g/mol. The van der Waals surface area contributed by atoms with Gasteiger partial charge < -0.3 is 16.2 Å². The van der Waals surface area contributed by atoms with E-state index in [0.29, 0.717) is 23.4 Å². The number of phenols is 1. The number of nitrogens with two attached hydrogens (primary N) is 1. The van der Waals surface area contributed by atoms with Crippen molar-refractivity contribution in [2.75, 3.05) is 0 Å². The van der Waals surface area contributed by atoms with E-state index in [1.54, 1.807) is 6.07 Å². The first-order valence-corrected chi connectivity index (χ1v) is 9.77. The van der Waals surface area contributed by atoms with Gasteiger partial charge in [0, 0.05) is 40.3 Å². The van der Waals surface area contributed by atoms with E-state index in [2.05, 4.69) is 10.3 Å². The van der Waals surface area contributed by atoms with Crippen molar-refractivity contribution in [1.29, 1.82) is 0 Å². The van der Waals surface area contributed by atoms with E-state index in [1.165, 1.54) is 0 Å². The highest BCUT2D eigenvalue weighted by atomic mass is 35.5. The number of fused-ring (bicyclic) bond motifs is 1. The van der Waals surface area contributed by atoms with Gasteiger partial charge in [0.05, 0.1) is 5.52 Å². The van der Waals surface area contributed by atoms with Crippen LogP contribution in [0.1, 0.15) is 36.8 Å². The molecule has 7 heteroatoms. The summed E-state index contributed by atoms with van der Waals surface area (Å²) in [7, 11) is 0. The monoisotopic (exact) mass is 453 g/mol. The lowest BCUT2D eigenvalue weighted by molar-refractivity contribution is 0.252. The molecular weight excluding hydrogens is 429 g/mol. The largest absolute Gasteiger partial charge is 0.508 e. The minimum absolute atomic E-state index is 0. The Labute approximate surface area is 188 Å². The molecule has 4 rings (SSSR count). The lowest BCUT2D eigenvalue weighted by Crippen LogP contribution is -2.45. The molecular formula is C22H26Cl3N3O. The van der Waals surface area contributed by atoms with Crippen molar-refractivity contribution in [3.8, 4) is 5.75 Å². The number of nitrogens with zero attached hydrogens (tertiary/aromatic N) is 1. The van der Waals surface area contributed by atoms with Crippen LogP contribution in [0.25, 0.3) is 10.9 Å². The summed E-state index contributed by atoms with van der Waals surface area (Å²) in [6.45, 7) is 0.672. The van der Waals surface area contributed by atoms with Crippen LogP contribution in [0.5, 0.6) is 5.75 Å². The van der Waals surface area contributed by atoms with Crippen LogP contribution < -0.4 is 11.1 Å². The third-order valence-corrected chi connectivity index (χ3v) is 5.93. The number of benzene rings is 2. The molecule has 1 fully saturated rings. The molecule has 4 nitrogen and oxygen atoms in total. The number of aromatic nitrogens is 1. The van der Waals surface area contributed by atoms with E-state index in [0.717, 1.165) is 47.7 Å². The van der Waals surface area contributed by atoms with Gasteiger partial charge in [-0.25, -0.2) is 0 Å². The topological polar surface area (TPSA) is 71.2 Å². The zero-order chi connectivity index (χ0) is 18.9. The Bertz CT molecular complexity index is 959. The molecule has 0 radical (unpaired) electrons. The summed E-state index contributed by atoms with van der Waals surface area (Å²) >= 11 is 6.11. The van der Waals surface area contributed by atoms with Gasteiger partial charge in [-0.15, -0.1) is 24.8 Å². The van der Waals surface area contributed by atoms with Crippen LogP contribution in [0, 0.1) is 0 Å². The molecule has 4 N–H and O–H groups in total. The third-order valence-electron chi connectivity index (χ3n) is 5.69. The van der Waals surface area contributed by atoms with Crippen LogP contribution in [0.3, 0.4) is 0 Å². The molecule has 156 valence electrons. The summed E-state index contributed by atoms with van der Waals surface area (Å²) < 4.78 is 0. The Morgan fingerprint density at radius 3 is 2.55 bits per heavy atom. The minimum Gasteiger partial charge on any atom is -0.508 e. The van der Waals surface area contributed by atoms with Crippen LogP contribution in [-0.4, -0.2) is 16.1 Å². The predicted molar refractivity (Wildman–Crippen MR) is 124 cm³/mol. The summed E-state index contributed by atoms with van der Waals surface area (Å²) in [5.74, 6) is 0.343. The number of rotatable bonds is 4. The standard InChI is InChI=1S/C22H24ClN3O.2ClH/c23-16-5-6-18-19(9-12-25-20(18)13-16)22(24)10-7-17(8-11-22)26-14-15-3-1-2-4-21(15)27;;/h1-6,9,12-13,17,26-27H,7-8,10-11,14,24H2;2*1H. The Hall–Kier alpha value is -1.56. The second-order valence-corrected chi connectivity index (χ2v) is 7.90. The Morgan fingerprint density at radius 1 is 1.10 bits per heavy atom. The quantitative estimate of drug-likeness (QED) is 0.498. The maximum absolute atomic E-state index is 9.92. The Balaban J connectivity index is 0.00000150. The molecule has 0 spiro atoms. The molecule has 0 amide bonds. The normalized spacial score (nSPS) is 21.2. The molecule has 0 aliphatic heterocycles. The van der Waals surface area contributed by atoms with E-state index in [9.17, 15) is 5.11 Å². The molecule has 1 aliphatic carbocycles. The van der Waals surface area contributed by atoms with Gasteiger partial charge >= 0.3 is 0 Å². The lowest BCUT2D eigenvalue weighted by Gasteiger charge is -2.38. The van der Waals surface area contributed by atoms with Crippen LogP contribution in [-0.2, 0) is 12.1 Å². The second-order valence-electron chi connectivity index (χ2n) is 7.46. The highest BCUT2D eigenvalue weighted by Gasteiger charge is 2.34. The predicted octanol–water partition coefficient (Wildman–Crippen LogP) is 5.32. The summed E-state index contributed by atoms with van der Waals surface area (Å²) in [5, 5.41) is 15.3. The van der Waals surface area contributed by atoms with Crippen LogP contribution in [0.4, 0.5) is 0 Å². The van der Waals surface area contributed by atoms with Crippen molar-refractivity contribution in [3.05, 3.63) is 70.9 Å². The number of pyridine rings is 1. The minimum atomic E-state index is -0.345. The van der Waals surface area contributed by atoms with Crippen LogP contribution in [0.15, 0.2) is 54.7 Å². The molecule has 0 bridgehead atoms. The molecule has 3 aromatic rings. The summed E-state index contributed by atoms with van der Waals surface area (Å²) in [5.41, 5.74) is 9.48. The molecule has 2 aromatic carbocycles. The molecule has 0 saturated heterocycles. The van der Waals surface area contributed by atoms with Gasteiger partial charge in [-0.1, -0.05) is 35.9 Å². The first kappa shape index (κ1) is 23.7. The molecule has 1 heterocycles. The fourth-order valence-corrected chi connectivity index (χ4v) is 4.24. The van der Waals surface area contributed by atoms with Gasteiger partial charge in [-0.05, 0) is 55.5 Å². The van der Waals surface area contributed by atoms with Crippen molar-refractivity contribution in [1.82, 2.24) is 10.3 Å². The van der Waals surface area contributed by atoms with E-state index in [4.69, 9.17) is 17.3 Å². The van der Waals surface area contributed by atoms with Crippen molar-refractivity contribution >= 4 is 47.3 Å². The number of hydrogen-bond donors (Lipinski definition) is 3. The van der Waals surface area contributed by atoms with Crippen molar-refractivity contribution in [2.24, 2.45) is 5.73 Å². The van der Waals surface area contributed by atoms with Gasteiger partial charge in [-0.3, -0.25) is 4.98 Å². The number of para-hydroxylation sites is 1. The first-order valence-electron chi connectivity index (χ1n) is 9.39. The molecule has 1 aliphatic rings. The Morgan fingerprint density at radius 2 is 1.83 bits per heavy atom. The first-order chi connectivity index (χ1) is 13.0. The van der Waals surface area contributed by atoms with E-state index < -0.39 is 0 Å². The average Bonchev–Trinajstić information content (AvgIpc) is 2.68. The maximum atomic E-state index is 9.92. The maximum Gasteiger partial charge on any atom is 0.120 e. The number of aromatic hydroxyl groups is 1. The molecule has 29 heavy (non-hydrogen) atoms. The number of phenolic OH excluding ortho intramolecular Hbond substituents is 1. The smallest absolute Gasteiger partial charge is 0.120 e.